The van der Waals surface area contributed by atoms with Crippen LogP contribution in [0.5, 0.6) is 0 Å². The Kier molecular flexibility index (Phi) is 5.06. The summed E-state index contributed by atoms with van der Waals surface area (Å²) in [6.07, 6.45) is 3.13. The van der Waals surface area contributed by atoms with E-state index in [1.54, 1.807) is 37.3 Å². The number of rotatable bonds is 3. The van der Waals surface area contributed by atoms with Crippen molar-refractivity contribution in [2.45, 2.75) is 0 Å². The predicted octanol–water partition coefficient (Wildman–Crippen LogP) is 1.91. The fraction of sp³-hybridized carbons (Fsp3) is 0.316. The molecule has 1 aliphatic rings. The standard InChI is InChI=1S/C19H19BrN6O4/c1-22-14-8-16(17(26(29)30)9-15(14)23(2)19(22)28)24-3-5-25(6-4-24)18(27)12-7-13(20)11-21-10-12/h7-11H,3-6H2,1-2H3. The Labute approximate surface area is 179 Å². The molecule has 4 rings (SSSR count). The Bertz CT molecular complexity index is 1230. The van der Waals surface area contributed by atoms with Crippen molar-refractivity contribution in [2.75, 3.05) is 31.1 Å². The molecule has 1 saturated heterocycles. The van der Waals surface area contributed by atoms with Crippen LogP contribution in [0.4, 0.5) is 11.4 Å². The van der Waals surface area contributed by atoms with Crippen molar-refractivity contribution in [3.8, 4) is 0 Å². The number of carbonyl (C=O) groups excluding carboxylic acids is 1. The third kappa shape index (κ3) is 3.34. The summed E-state index contributed by atoms with van der Waals surface area (Å²) in [7, 11) is 3.23. The van der Waals surface area contributed by atoms with Gasteiger partial charge in [-0.05, 0) is 28.1 Å². The molecule has 1 aliphatic heterocycles. The van der Waals surface area contributed by atoms with Gasteiger partial charge in [-0.3, -0.25) is 29.0 Å². The lowest BCUT2D eigenvalue weighted by Crippen LogP contribution is -2.49. The van der Waals surface area contributed by atoms with Crippen LogP contribution in [0.2, 0.25) is 0 Å². The van der Waals surface area contributed by atoms with Gasteiger partial charge in [0.2, 0.25) is 0 Å². The Hall–Kier alpha value is -3.21. The van der Waals surface area contributed by atoms with E-state index in [2.05, 4.69) is 20.9 Å². The molecule has 10 nitrogen and oxygen atoms in total. The molecule has 0 saturated carbocycles. The van der Waals surface area contributed by atoms with Crippen molar-refractivity contribution in [3.63, 3.8) is 0 Å². The number of fused-ring (bicyclic) bond motifs is 1. The van der Waals surface area contributed by atoms with Crippen molar-refractivity contribution < 1.29 is 9.72 Å². The number of hydrogen-bond acceptors (Lipinski definition) is 6. The molecular weight excluding hydrogens is 456 g/mol. The number of nitrogens with zero attached hydrogens (tertiary/aromatic N) is 6. The van der Waals surface area contributed by atoms with Gasteiger partial charge >= 0.3 is 5.69 Å². The van der Waals surface area contributed by atoms with Gasteiger partial charge in [0.05, 0.1) is 21.5 Å². The number of amides is 1. The summed E-state index contributed by atoms with van der Waals surface area (Å²) in [5, 5.41) is 11.7. The van der Waals surface area contributed by atoms with E-state index in [0.29, 0.717) is 48.5 Å². The highest BCUT2D eigenvalue weighted by atomic mass is 79.9. The van der Waals surface area contributed by atoms with E-state index in [4.69, 9.17) is 0 Å². The number of anilines is 1. The van der Waals surface area contributed by atoms with Crippen molar-refractivity contribution in [3.05, 3.63) is 61.2 Å². The maximum Gasteiger partial charge on any atom is 0.328 e. The minimum Gasteiger partial charge on any atom is -0.362 e. The summed E-state index contributed by atoms with van der Waals surface area (Å²) >= 11 is 3.32. The Morgan fingerprint density at radius 1 is 1.07 bits per heavy atom. The first kappa shape index (κ1) is 20.1. The summed E-state index contributed by atoms with van der Waals surface area (Å²) in [6.45, 7) is 1.74. The molecule has 0 atom stereocenters. The monoisotopic (exact) mass is 474 g/mol. The molecule has 0 spiro atoms. The number of carbonyl (C=O) groups is 1. The van der Waals surface area contributed by atoms with E-state index in [9.17, 15) is 19.7 Å². The highest BCUT2D eigenvalue weighted by Gasteiger charge is 2.28. The minimum atomic E-state index is -0.434. The Morgan fingerprint density at radius 3 is 2.30 bits per heavy atom. The maximum atomic E-state index is 12.7. The average Bonchev–Trinajstić information content (AvgIpc) is 2.96. The topological polar surface area (TPSA) is 107 Å². The molecule has 3 aromatic rings. The van der Waals surface area contributed by atoms with Crippen LogP contribution in [-0.4, -0.2) is 56.0 Å². The number of pyridine rings is 1. The van der Waals surface area contributed by atoms with Gasteiger partial charge in [-0.25, -0.2) is 4.79 Å². The zero-order chi connectivity index (χ0) is 21.6. The van der Waals surface area contributed by atoms with E-state index in [1.807, 2.05) is 4.90 Å². The van der Waals surface area contributed by atoms with Crippen LogP contribution in [-0.2, 0) is 14.1 Å². The molecular formula is C19H19BrN6O4. The Morgan fingerprint density at radius 2 is 1.70 bits per heavy atom. The van der Waals surface area contributed by atoms with E-state index in [-0.39, 0.29) is 17.3 Å². The third-order valence-corrected chi connectivity index (χ3v) is 5.86. The molecule has 0 bridgehead atoms. The molecule has 11 heteroatoms. The number of aromatic nitrogens is 3. The first-order valence-corrected chi connectivity index (χ1v) is 10.1. The van der Waals surface area contributed by atoms with Crippen LogP contribution >= 0.6 is 15.9 Å². The summed E-state index contributed by atoms with van der Waals surface area (Å²) in [4.78, 5) is 43.9. The number of benzene rings is 1. The van der Waals surface area contributed by atoms with E-state index in [0.717, 1.165) is 4.47 Å². The van der Waals surface area contributed by atoms with Gasteiger partial charge < -0.3 is 9.80 Å². The molecule has 0 N–H and O–H groups in total. The molecule has 0 radical (unpaired) electrons. The molecule has 156 valence electrons. The minimum absolute atomic E-state index is 0.0559. The lowest BCUT2D eigenvalue weighted by Gasteiger charge is -2.35. The molecule has 0 unspecified atom stereocenters. The van der Waals surface area contributed by atoms with E-state index in [1.165, 1.54) is 21.4 Å². The third-order valence-electron chi connectivity index (χ3n) is 5.42. The van der Waals surface area contributed by atoms with Crippen LogP contribution in [0.25, 0.3) is 11.0 Å². The SMILES string of the molecule is Cn1c(=O)n(C)c2cc([N+](=O)[O-])c(N3CCN(C(=O)c4cncc(Br)c4)CC3)cc21. The molecule has 1 aromatic carbocycles. The van der Waals surface area contributed by atoms with Gasteiger partial charge in [0.25, 0.3) is 11.6 Å². The number of aryl methyl sites for hydroxylation is 2. The van der Waals surface area contributed by atoms with E-state index < -0.39 is 4.92 Å². The molecule has 1 amide bonds. The first-order chi connectivity index (χ1) is 14.3. The second-order valence-corrected chi connectivity index (χ2v) is 8.07. The molecule has 0 aliphatic carbocycles. The van der Waals surface area contributed by atoms with Crippen LogP contribution in [0, 0.1) is 10.1 Å². The maximum absolute atomic E-state index is 12.7. The van der Waals surface area contributed by atoms with Gasteiger partial charge in [0, 0.05) is 63.2 Å². The van der Waals surface area contributed by atoms with Crippen molar-refractivity contribution in [1.82, 2.24) is 19.0 Å². The van der Waals surface area contributed by atoms with Crippen LogP contribution in [0.1, 0.15) is 10.4 Å². The quantitative estimate of drug-likeness (QED) is 0.423. The van der Waals surface area contributed by atoms with Crippen molar-refractivity contribution in [1.29, 1.82) is 0 Å². The summed E-state index contributed by atoms with van der Waals surface area (Å²) in [6, 6.07) is 4.84. The second-order valence-electron chi connectivity index (χ2n) is 7.16. The van der Waals surface area contributed by atoms with Gasteiger partial charge in [-0.15, -0.1) is 0 Å². The Balaban J connectivity index is 1.62. The van der Waals surface area contributed by atoms with Crippen molar-refractivity contribution >= 4 is 44.2 Å². The molecule has 30 heavy (non-hydrogen) atoms. The molecule has 2 aromatic heterocycles. The van der Waals surface area contributed by atoms with Crippen molar-refractivity contribution in [2.24, 2.45) is 14.1 Å². The fourth-order valence-corrected chi connectivity index (χ4v) is 4.15. The zero-order valence-electron chi connectivity index (χ0n) is 16.4. The van der Waals surface area contributed by atoms with Gasteiger partial charge in [0.1, 0.15) is 5.69 Å². The average molecular weight is 475 g/mol. The second kappa shape index (κ2) is 7.56. The highest BCUT2D eigenvalue weighted by Crippen LogP contribution is 2.33. The molecule has 1 fully saturated rings. The number of nitro benzene ring substituents is 1. The van der Waals surface area contributed by atoms with Crippen LogP contribution in [0.3, 0.4) is 0 Å². The smallest absolute Gasteiger partial charge is 0.328 e. The zero-order valence-corrected chi connectivity index (χ0v) is 18.0. The number of imidazole rings is 1. The van der Waals surface area contributed by atoms with E-state index >= 15 is 0 Å². The molecule has 3 heterocycles. The number of nitro groups is 1. The fourth-order valence-electron chi connectivity index (χ4n) is 3.78. The largest absolute Gasteiger partial charge is 0.362 e. The van der Waals surface area contributed by atoms with Gasteiger partial charge in [0.15, 0.2) is 0 Å². The predicted molar refractivity (Wildman–Crippen MR) is 115 cm³/mol. The summed E-state index contributed by atoms with van der Waals surface area (Å²) in [5.74, 6) is -0.126. The van der Waals surface area contributed by atoms with Gasteiger partial charge in [-0.2, -0.15) is 0 Å². The first-order valence-electron chi connectivity index (χ1n) is 9.26. The summed E-state index contributed by atoms with van der Waals surface area (Å²) in [5.41, 5.74) is 1.78. The summed E-state index contributed by atoms with van der Waals surface area (Å²) < 4.78 is 3.60. The lowest BCUT2D eigenvalue weighted by molar-refractivity contribution is -0.384. The van der Waals surface area contributed by atoms with Crippen LogP contribution < -0.4 is 10.6 Å². The number of hydrogen-bond donors (Lipinski definition) is 0. The lowest BCUT2D eigenvalue weighted by atomic mass is 10.1. The van der Waals surface area contributed by atoms with Crippen LogP contribution in [0.15, 0.2) is 39.9 Å². The highest BCUT2D eigenvalue weighted by molar-refractivity contribution is 9.10. The number of piperazine rings is 1. The normalized spacial score (nSPS) is 14.4. The number of halogens is 1. The van der Waals surface area contributed by atoms with Gasteiger partial charge in [-0.1, -0.05) is 0 Å².